The number of nitrogens with zero attached hydrogens (tertiary/aromatic N) is 2. The molecule has 4 nitrogen and oxygen atoms in total. The van der Waals surface area contributed by atoms with Gasteiger partial charge in [0.25, 0.3) is 0 Å². The van der Waals surface area contributed by atoms with Crippen molar-refractivity contribution in [2.24, 2.45) is 0 Å². The monoisotopic (exact) mass is 930 g/mol. The van der Waals surface area contributed by atoms with Crippen LogP contribution in [0.5, 0.6) is 0 Å². The molecule has 12 aromatic carbocycles. The number of hydrogen-bond acceptors (Lipinski definition) is 4. The van der Waals surface area contributed by atoms with Crippen molar-refractivity contribution in [2.45, 2.75) is 5.41 Å². The zero-order valence-corrected chi connectivity index (χ0v) is 39.5. The second-order valence-electron chi connectivity index (χ2n) is 19.5. The topological polar surface area (TPSA) is 32.8 Å². The van der Waals surface area contributed by atoms with Gasteiger partial charge in [-0.15, -0.1) is 0 Å². The van der Waals surface area contributed by atoms with E-state index < -0.39 is 5.41 Å². The van der Waals surface area contributed by atoms with Gasteiger partial charge in [0.1, 0.15) is 11.2 Å². The number of benzene rings is 12. The van der Waals surface area contributed by atoms with Crippen molar-refractivity contribution < 1.29 is 8.83 Å². The van der Waals surface area contributed by atoms with Crippen molar-refractivity contribution in [1.82, 2.24) is 0 Å². The first-order valence-electron chi connectivity index (χ1n) is 25.1. The van der Waals surface area contributed by atoms with E-state index in [1.54, 1.807) is 0 Å². The summed E-state index contributed by atoms with van der Waals surface area (Å²) in [6.45, 7) is 0. The molecule has 2 aliphatic rings. The molecule has 0 fully saturated rings. The maximum Gasteiger partial charge on any atom is 0.160 e. The molecule has 14 aromatic rings. The summed E-state index contributed by atoms with van der Waals surface area (Å²) in [5.41, 5.74) is 19.1. The van der Waals surface area contributed by atoms with Crippen molar-refractivity contribution in [2.75, 3.05) is 9.80 Å². The zero-order valence-electron chi connectivity index (χ0n) is 39.5. The second-order valence-corrected chi connectivity index (χ2v) is 19.5. The lowest BCUT2D eigenvalue weighted by molar-refractivity contribution is 0.669. The molecule has 73 heavy (non-hydrogen) atoms. The van der Waals surface area contributed by atoms with Gasteiger partial charge in [-0.3, -0.25) is 0 Å². The molecule has 0 amide bonds. The van der Waals surface area contributed by atoms with Crippen LogP contribution in [-0.2, 0) is 5.41 Å². The van der Waals surface area contributed by atoms with Crippen LogP contribution in [0.15, 0.2) is 264 Å². The fourth-order valence-electron chi connectivity index (χ4n) is 12.8. The molecular weight excluding hydrogens is 889 g/mol. The Balaban J connectivity index is 1.06. The number of para-hydroxylation sites is 6. The smallest absolute Gasteiger partial charge is 0.160 e. The largest absolute Gasteiger partial charge is 0.454 e. The minimum absolute atomic E-state index is 0.626. The lowest BCUT2D eigenvalue weighted by Crippen LogP contribution is -2.25. The molecule has 0 saturated heterocycles. The highest BCUT2D eigenvalue weighted by Crippen LogP contribution is 2.65. The fraction of sp³-hybridized carbons (Fsp3) is 0.0145. The zero-order chi connectivity index (χ0) is 47.8. The molecule has 2 aliphatic carbocycles. The van der Waals surface area contributed by atoms with Crippen LogP contribution in [0, 0.1) is 0 Å². The van der Waals surface area contributed by atoms with Crippen LogP contribution in [0.3, 0.4) is 0 Å². The maximum absolute atomic E-state index is 7.07. The Bertz CT molecular complexity index is 4180. The van der Waals surface area contributed by atoms with Crippen molar-refractivity contribution in [3.05, 3.63) is 277 Å². The molecule has 0 radical (unpaired) electrons. The highest BCUT2D eigenvalue weighted by molar-refractivity contribution is 6.26. The molecule has 4 heteroatoms. The highest BCUT2D eigenvalue weighted by Gasteiger charge is 2.52. The van der Waals surface area contributed by atoms with Crippen LogP contribution < -0.4 is 9.80 Å². The van der Waals surface area contributed by atoms with Crippen LogP contribution in [-0.4, -0.2) is 0 Å². The summed E-state index contributed by atoms with van der Waals surface area (Å²) in [7, 11) is 0. The van der Waals surface area contributed by atoms with Crippen LogP contribution in [0.1, 0.15) is 22.3 Å². The third kappa shape index (κ3) is 5.55. The molecule has 0 atom stereocenters. The third-order valence-electron chi connectivity index (χ3n) is 15.7. The normalized spacial score (nSPS) is 13.0. The van der Waals surface area contributed by atoms with E-state index in [0.717, 1.165) is 99.5 Å². The third-order valence-corrected chi connectivity index (χ3v) is 15.7. The minimum atomic E-state index is -0.626. The first kappa shape index (κ1) is 40.1. The Labute approximate surface area is 420 Å². The van der Waals surface area contributed by atoms with Crippen LogP contribution in [0.4, 0.5) is 34.1 Å². The SMILES string of the molecule is c1ccc(N(c2ccccc2)c2cc3cc4c(cc3c3c2oc2ccccc23)-c2cc3c(cc2C42c4ccccc4-c4ccccc42)cc(N(c2ccccc2)c2ccccc2)c2oc4ccccc4c23)cc1. The number of hydrogen-bond donors (Lipinski definition) is 0. The van der Waals surface area contributed by atoms with Crippen LogP contribution in [0.25, 0.3) is 87.7 Å². The summed E-state index contributed by atoms with van der Waals surface area (Å²) in [5, 5.41) is 9.00. The van der Waals surface area contributed by atoms with E-state index in [1.165, 1.54) is 44.5 Å². The van der Waals surface area contributed by atoms with E-state index in [1.807, 2.05) is 0 Å². The van der Waals surface area contributed by atoms with E-state index >= 15 is 0 Å². The maximum atomic E-state index is 7.07. The van der Waals surface area contributed by atoms with Gasteiger partial charge in [0, 0.05) is 44.3 Å². The predicted molar refractivity (Wildman–Crippen MR) is 302 cm³/mol. The number of anilines is 6. The summed E-state index contributed by atoms with van der Waals surface area (Å²) in [5.74, 6) is 0. The molecule has 0 aliphatic heterocycles. The predicted octanol–water partition coefficient (Wildman–Crippen LogP) is 19.1. The van der Waals surface area contributed by atoms with Gasteiger partial charge in [-0.05, 0) is 163 Å². The Morgan fingerprint density at radius 1 is 0.274 bits per heavy atom. The van der Waals surface area contributed by atoms with Crippen molar-refractivity contribution >= 4 is 99.5 Å². The van der Waals surface area contributed by atoms with Gasteiger partial charge >= 0.3 is 0 Å². The molecular formula is C69H42N2O2. The molecule has 0 unspecified atom stereocenters. The Kier molecular flexibility index (Phi) is 8.35. The first-order chi connectivity index (χ1) is 36.2. The Morgan fingerprint density at radius 2 is 0.616 bits per heavy atom. The van der Waals surface area contributed by atoms with Gasteiger partial charge in [-0.25, -0.2) is 0 Å². The highest BCUT2D eigenvalue weighted by atomic mass is 16.3. The van der Waals surface area contributed by atoms with E-state index in [0.29, 0.717) is 0 Å². The standard InChI is InChI=1S/C69H42N2O2/c1-5-21-45(22-6-1)70(46-23-7-2-8-24-46)61-39-43-37-59-55(41-53(43)65-51-31-15-19-35-63(51)72-67(61)65)56-42-54-44(38-60(56)69(59)57-33-17-13-29-49(57)50-30-14-18-34-58(50)69)40-62(68-66(54)52-32-16-20-36-64(52)73-68)71(47-25-9-3-10-26-47)48-27-11-4-12-28-48/h1-42H. The Hall–Kier alpha value is -9.64. The van der Waals surface area contributed by atoms with Crippen molar-refractivity contribution in [1.29, 1.82) is 0 Å². The van der Waals surface area contributed by atoms with Crippen LogP contribution in [0.2, 0.25) is 0 Å². The first-order valence-corrected chi connectivity index (χ1v) is 25.1. The van der Waals surface area contributed by atoms with Gasteiger partial charge in [0.2, 0.25) is 0 Å². The molecule has 0 N–H and O–H groups in total. The average molecular weight is 931 g/mol. The van der Waals surface area contributed by atoms with Crippen molar-refractivity contribution in [3.63, 3.8) is 0 Å². The summed E-state index contributed by atoms with van der Waals surface area (Å²) in [6.07, 6.45) is 0. The lowest BCUT2D eigenvalue weighted by atomic mass is 9.70. The molecule has 2 heterocycles. The summed E-state index contributed by atoms with van der Waals surface area (Å²) < 4.78 is 14.1. The molecule has 1 spiro atoms. The van der Waals surface area contributed by atoms with Crippen LogP contribution >= 0.6 is 0 Å². The average Bonchev–Trinajstić information content (AvgIpc) is 4.20. The van der Waals surface area contributed by atoms with E-state index in [2.05, 4.69) is 265 Å². The number of furan rings is 2. The van der Waals surface area contributed by atoms with E-state index in [-0.39, 0.29) is 0 Å². The molecule has 340 valence electrons. The Morgan fingerprint density at radius 3 is 1.01 bits per heavy atom. The molecule has 2 aromatic heterocycles. The summed E-state index contributed by atoms with van der Waals surface area (Å²) in [6, 6.07) is 92.6. The van der Waals surface area contributed by atoms with Gasteiger partial charge in [-0.2, -0.15) is 0 Å². The quantitative estimate of drug-likeness (QED) is 0.166. The van der Waals surface area contributed by atoms with Gasteiger partial charge in [0.05, 0.1) is 16.8 Å². The minimum Gasteiger partial charge on any atom is -0.454 e. The molecule has 0 saturated carbocycles. The molecule has 16 rings (SSSR count). The summed E-state index contributed by atoms with van der Waals surface area (Å²) >= 11 is 0. The van der Waals surface area contributed by atoms with E-state index in [4.69, 9.17) is 8.83 Å². The van der Waals surface area contributed by atoms with E-state index in [9.17, 15) is 0 Å². The number of rotatable bonds is 6. The fourth-order valence-corrected chi connectivity index (χ4v) is 12.8. The van der Waals surface area contributed by atoms with Gasteiger partial charge in [-0.1, -0.05) is 158 Å². The second kappa shape index (κ2) is 15.2. The number of fused-ring (bicyclic) bond motifs is 20. The van der Waals surface area contributed by atoms with Gasteiger partial charge in [0.15, 0.2) is 11.2 Å². The molecule has 0 bridgehead atoms. The van der Waals surface area contributed by atoms with Gasteiger partial charge < -0.3 is 18.6 Å². The lowest BCUT2D eigenvalue weighted by Gasteiger charge is -2.31. The van der Waals surface area contributed by atoms with Crippen molar-refractivity contribution in [3.8, 4) is 22.3 Å². The summed E-state index contributed by atoms with van der Waals surface area (Å²) in [4.78, 5) is 4.70.